The first-order valence-electron chi connectivity index (χ1n) is 4.03. The Kier molecular flexibility index (Phi) is 3.01. The molecule has 1 aliphatic heterocycles. The summed E-state index contributed by atoms with van der Waals surface area (Å²) in [6, 6.07) is 5.58. The van der Waals surface area contributed by atoms with Gasteiger partial charge in [-0.1, -0.05) is 18.2 Å². The highest BCUT2D eigenvalue weighted by Gasteiger charge is 2.30. The summed E-state index contributed by atoms with van der Waals surface area (Å²) in [4.78, 5) is 0. The van der Waals surface area contributed by atoms with Crippen LogP contribution >= 0.6 is 45.2 Å². The van der Waals surface area contributed by atoms with Gasteiger partial charge in [0.1, 0.15) is 0 Å². The van der Waals surface area contributed by atoms with Crippen molar-refractivity contribution in [2.45, 2.75) is 6.92 Å². The largest absolute Gasteiger partial charge is 0.378 e. The standard InChI is InChI=1S/C9H6I2O3S/c1-5-3-2-4-6-7(10)9(11)15(12,13)14-8(5)6/h2-4H,1H3. The van der Waals surface area contributed by atoms with Crippen LogP contribution in [0.2, 0.25) is 0 Å². The van der Waals surface area contributed by atoms with Gasteiger partial charge in [0.15, 0.2) is 8.66 Å². The van der Waals surface area contributed by atoms with Crippen LogP contribution in [0.4, 0.5) is 0 Å². The maximum absolute atomic E-state index is 11.6. The number of rotatable bonds is 0. The molecule has 0 N–H and O–H groups in total. The minimum atomic E-state index is -3.59. The van der Waals surface area contributed by atoms with Gasteiger partial charge in [0.25, 0.3) is 0 Å². The fourth-order valence-corrected chi connectivity index (χ4v) is 3.94. The molecule has 15 heavy (non-hydrogen) atoms. The summed E-state index contributed by atoms with van der Waals surface area (Å²) >= 11 is 3.82. The molecule has 0 aliphatic carbocycles. The van der Waals surface area contributed by atoms with Crippen molar-refractivity contribution in [2.24, 2.45) is 0 Å². The molecule has 0 atom stereocenters. The summed E-state index contributed by atoms with van der Waals surface area (Å²) in [6.07, 6.45) is 0. The van der Waals surface area contributed by atoms with E-state index in [0.29, 0.717) is 5.75 Å². The molecule has 1 aromatic carbocycles. The number of benzene rings is 1. The van der Waals surface area contributed by atoms with Crippen molar-refractivity contribution in [3.63, 3.8) is 0 Å². The van der Waals surface area contributed by atoms with Crippen LogP contribution < -0.4 is 4.18 Å². The van der Waals surface area contributed by atoms with Crippen LogP contribution in [0.1, 0.15) is 11.1 Å². The Balaban J connectivity index is 2.81. The molecule has 0 saturated carbocycles. The number of aryl methyl sites for hydroxylation is 1. The van der Waals surface area contributed by atoms with E-state index in [1.54, 1.807) is 22.6 Å². The average Bonchev–Trinajstić information content (AvgIpc) is 2.17. The van der Waals surface area contributed by atoms with Crippen molar-refractivity contribution in [2.75, 3.05) is 0 Å². The van der Waals surface area contributed by atoms with E-state index in [0.717, 1.165) is 14.7 Å². The molecule has 2 rings (SSSR count). The van der Waals surface area contributed by atoms with Crippen molar-refractivity contribution >= 4 is 58.9 Å². The lowest BCUT2D eigenvalue weighted by Gasteiger charge is -2.19. The van der Waals surface area contributed by atoms with Crippen LogP contribution in [0.15, 0.2) is 21.1 Å². The highest BCUT2D eigenvalue weighted by molar-refractivity contribution is 14.1. The molecule has 3 nitrogen and oxygen atoms in total. The van der Waals surface area contributed by atoms with Gasteiger partial charge in [0, 0.05) is 5.56 Å². The molecule has 0 unspecified atom stereocenters. The first-order chi connectivity index (χ1) is 6.93. The van der Waals surface area contributed by atoms with Crippen molar-refractivity contribution in [3.8, 4) is 5.75 Å². The molecule has 1 aliphatic rings. The van der Waals surface area contributed by atoms with E-state index >= 15 is 0 Å². The molecule has 0 aromatic heterocycles. The second kappa shape index (κ2) is 3.88. The summed E-state index contributed by atoms with van der Waals surface area (Å²) in [7, 11) is -3.59. The first kappa shape index (κ1) is 11.6. The fraction of sp³-hybridized carbons (Fsp3) is 0.111. The van der Waals surface area contributed by atoms with E-state index in [4.69, 9.17) is 4.18 Å². The third-order valence-electron chi connectivity index (χ3n) is 2.03. The number of hydrogen-bond donors (Lipinski definition) is 0. The van der Waals surface area contributed by atoms with Crippen molar-refractivity contribution in [1.29, 1.82) is 0 Å². The molecule has 0 fully saturated rings. The van der Waals surface area contributed by atoms with E-state index in [1.807, 2.05) is 47.7 Å². The van der Waals surface area contributed by atoms with Gasteiger partial charge in [-0.05, 0) is 57.7 Å². The van der Waals surface area contributed by atoms with E-state index in [1.165, 1.54) is 0 Å². The Labute approximate surface area is 115 Å². The third-order valence-corrected chi connectivity index (χ3v) is 7.74. The van der Waals surface area contributed by atoms with Crippen molar-refractivity contribution in [3.05, 3.63) is 32.2 Å². The minimum absolute atomic E-state index is 0.249. The molecule has 0 radical (unpaired) electrons. The molecule has 0 bridgehead atoms. The molecule has 0 amide bonds. The topological polar surface area (TPSA) is 43.4 Å². The molecule has 0 spiro atoms. The van der Waals surface area contributed by atoms with E-state index in [9.17, 15) is 8.42 Å². The van der Waals surface area contributed by atoms with Crippen LogP contribution in [0.25, 0.3) is 3.58 Å². The lowest BCUT2D eigenvalue weighted by molar-refractivity contribution is 0.492. The van der Waals surface area contributed by atoms with Crippen LogP contribution in [0, 0.1) is 6.92 Å². The van der Waals surface area contributed by atoms with Gasteiger partial charge in [-0.3, -0.25) is 0 Å². The van der Waals surface area contributed by atoms with Crippen LogP contribution in [0.3, 0.4) is 0 Å². The second-order valence-electron chi connectivity index (χ2n) is 3.08. The highest BCUT2D eigenvalue weighted by atomic mass is 127. The maximum Gasteiger partial charge on any atom is 0.346 e. The number of halogens is 2. The summed E-state index contributed by atoms with van der Waals surface area (Å²) in [6.45, 7) is 1.83. The molecular formula is C9H6I2O3S. The maximum atomic E-state index is 11.6. The first-order valence-corrected chi connectivity index (χ1v) is 7.60. The van der Waals surface area contributed by atoms with E-state index < -0.39 is 10.1 Å². The van der Waals surface area contributed by atoms with Gasteiger partial charge in [0.2, 0.25) is 0 Å². The van der Waals surface area contributed by atoms with Gasteiger partial charge >= 0.3 is 10.1 Å². The zero-order chi connectivity index (χ0) is 11.2. The summed E-state index contributed by atoms with van der Waals surface area (Å²) < 4.78 is 29.2. The summed E-state index contributed by atoms with van der Waals surface area (Å²) in [5, 5.41) is 0. The Morgan fingerprint density at radius 3 is 2.60 bits per heavy atom. The predicted octanol–water partition coefficient (Wildman–Crippen LogP) is 3.21. The van der Waals surface area contributed by atoms with Crippen LogP contribution in [0.5, 0.6) is 5.75 Å². The summed E-state index contributed by atoms with van der Waals surface area (Å²) in [5.74, 6) is 0.447. The van der Waals surface area contributed by atoms with Gasteiger partial charge in [-0.2, -0.15) is 8.42 Å². The quantitative estimate of drug-likeness (QED) is 0.453. The molecule has 1 aromatic rings. The Bertz CT molecular complexity index is 561. The third kappa shape index (κ3) is 1.91. The van der Waals surface area contributed by atoms with E-state index in [2.05, 4.69) is 0 Å². The molecule has 0 saturated heterocycles. The average molecular weight is 448 g/mol. The Morgan fingerprint density at radius 1 is 1.27 bits per heavy atom. The van der Waals surface area contributed by atoms with Gasteiger partial charge < -0.3 is 4.18 Å². The zero-order valence-corrected chi connectivity index (χ0v) is 12.8. The number of hydrogen-bond acceptors (Lipinski definition) is 3. The lowest BCUT2D eigenvalue weighted by Crippen LogP contribution is -2.15. The van der Waals surface area contributed by atoms with E-state index in [-0.39, 0.29) is 2.91 Å². The molecule has 6 heteroatoms. The monoisotopic (exact) mass is 448 g/mol. The fourth-order valence-electron chi connectivity index (χ4n) is 1.30. The number of para-hydroxylation sites is 1. The lowest BCUT2D eigenvalue weighted by atomic mass is 10.1. The van der Waals surface area contributed by atoms with Gasteiger partial charge in [0.05, 0.1) is 3.58 Å². The smallest absolute Gasteiger partial charge is 0.346 e. The number of fused-ring (bicyclic) bond motifs is 1. The van der Waals surface area contributed by atoms with Crippen LogP contribution in [-0.4, -0.2) is 8.42 Å². The van der Waals surface area contributed by atoms with Crippen molar-refractivity contribution in [1.82, 2.24) is 0 Å². The minimum Gasteiger partial charge on any atom is -0.378 e. The van der Waals surface area contributed by atoms with Gasteiger partial charge in [-0.15, -0.1) is 0 Å². The van der Waals surface area contributed by atoms with Crippen molar-refractivity contribution < 1.29 is 12.6 Å². The summed E-state index contributed by atoms with van der Waals surface area (Å²) in [5.41, 5.74) is 1.67. The predicted molar refractivity (Wildman–Crippen MR) is 75.7 cm³/mol. The molecule has 80 valence electrons. The second-order valence-corrected chi connectivity index (χ2v) is 7.45. The normalized spacial score (nSPS) is 18.3. The van der Waals surface area contributed by atoms with Gasteiger partial charge in [-0.25, -0.2) is 0 Å². The Hall–Kier alpha value is 0.170. The zero-order valence-electron chi connectivity index (χ0n) is 7.62. The molecular weight excluding hydrogens is 442 g/mol. The SMILES string of the molecule is Cc1cccc2c1OS(=O)(=O)C(I)=C2I. The Morgan fingerprint density at radius 2 is 1.93 bits per heavy atom. The highest BCUT2D eigenvalue weighted by Crippen LogP contribution is 2.44. The van der Waals surface area contributed by atoms with Crippen LogP contribution in [-0.2, 0) is 10.1 Å². The molecule has 1 heterocycles.